The van der Waals surface area contributed by atoms with Crippen LogP contribution >= 0.6 is 0 Å². The zero-order valence-corrected chi connectivity index (χ0v) is 10.9. The molecule has 0 atom stereocenters. The number of aliphatic hydroxyl groups excluding tert-OH is 1. The Hall–Kier alpha value is -2.88. The number of hydrogen-bond donors (Lipinski definition) is 1. The zero-order valence-electron chi connectivity index (χ0n) is 10.9. The fourth-order valence-corrected chi connectivity index (χ4v) is 2.09. The predicted molar refractivity (Wildman–Crippen MR) is 76.5 cm³/mol. The largest absolute Gasteiger partial charge is 0.504 e. The Bertz CT molecular complexity index is 743. The molecule has 1 aliphatic heterocycles. The van der Waals surface area contributed by atoms with Crippen molar-refractivity contribution in [3.63, 3.8) is 0 Å². The number of aliphatic hydroxyl groups is 1. The van der Waals surface area contributed by atoms with Gasteiger partial charge in [-0.25, -0.2) is 9.18 Å². The lowest BCUT2D eigenvalue weighted by molar-refractivity contribution is -0.131. The summed E-state index contributed by atoms with van der Waals surface area (Å²) < 4.78 is 17.9. The van der Waals surface area contributed by atoms with Gasteiger partial charge in [0.25, 0.3) is 0 Å². The number of ether oxygens (including phenoxy) is 1. The molecule has 0 spiro atoms. The summed E-state index contributed by atoms with van der Waals surface area (Å²) in [6.07, 6.45) is 1.49. The molecule has 2 aromatic rings. The molecular weight excluding hydrogens is 271 g/mol. The van der Waals surface area contributed by atoms with Gasteiger partial charge in [0.1, 0.15) is 11.4 Å². The summed E-state index contributed by atoms with van der Waals surface area (Å²) in [5.74, 6) is -1.11. The number of hydrogen-bond acceptors (Lipinski definition) is 3. The first kappa shape index (κ1) is 13.1. The highest BCUT2D eigenvalue weighted by molar-refractivity contribution is 6.20. The smallest absolute Gasteiger partial charge is 0.348 e. The van der Waals surface area contributed by atoms with E-state index in [0.717, 1.165) is 0 Å². The molecule has 0 amide bonds. The third-order valence-electron chi connectivity index (χ3n) is 3.11. The topological polar surface area (TPSA) is 46.5 Å². The Morgan fingerprint density at radius 1 is 1.00 bits per heavy atom. The van der Waals surface area contributed by atoms with Gasteiger partial charge in [0, 0.05) is 0 Å². The summed E-state index contributed by atoms with van der Waals surface area (Å²) in [5.41, 5.74) is 1.34. The van der Waals surface area contributed by atoms with Gasteiger partial charge in [-0.2, -0.15) is 0 Å². The van der Waals surface area contributed by atoms with Crippen LogP contribution in [0.2, 0.25) is 0 Å². The molecule has 0 saturated carbocycles. The van der Waals surface area contributed by atoms with Gasteiger partial charge in [0.05, 0.1) is 0 Å². The molecule has 0 aliphatic carbocycles. The summed E-state index contributed by atoms with van der Waals surface area (Å²) in [6.45, 7) is 0. The highest BCUT2D eigenvalue weighted by atomic mass is 19.1. The van der Waals surface area contributed by atoms with E-state index in [1.54, 1.807) is 24.3 Å². The minimum atomic E-state index is -0.605. The fourth-order valence-electron chi connectivity index (χ4n) is 2.09. The molecule has 21 heavy (non-hydrogen) atoms. The number of carbonyl (C=O) groups excluding carboxylic acids is 1. The second-order valence-corrected chi connectivity index (χ2v) is 4.54. The molecule has 2 aromatic carbocycles. The van der Waals surface area contributed by atoms with Crippen molar-refractivity contribution < 1.29 is 19.0 Å². The van der Waals surface area contributed by atoms with Crippen molar-refractivity contribution in [3.05, 3.63) is 83.1 Å². The lowest BCUT2D eigenvalue weighted by atomic mass is 10.1. The number of rotatable bonds is 2. The van der Waals surface area contributed by atoms with Gasteiger partial charge >= 0.3 is 5.97 Å². The Kier molecular flexibility index (Phi) is 3.28. The van der Waals surface area contributed by atoms with Gasteiger partial charge in [-0.1, -0.05) is 42.5 Å². The molecule has 4 heteroatoms. The molecule has 0 saturated heterocycles. The van der Waals surface area contributed by atoms with Crippen molar-refractivity contribution in [3.8, 4) is 0 Å². The maximum absolute atomic E-state index is 12.9. The molecule has 0 fully saturated rings. The number of benzene rings is 2. The van der Waals surface area contributed by atoms with Crippen LogP contribution in [0.1, 0.15) is 11.1 Å². The first-order valence-electron chi connectivity index (χ1n) is 6.33. The molecule has 1 N–H and O–H groups in total. The molecule has 1 heterocycles. The van der Waals surface area contributed by atoms with Crippen molar-refractivity contribution in [1.29, 1.82) is 0 Å². The molecule has 0 bridgehead atoms. The monoisotopic (exact) mass is 282 g/mol. The van der Waals surface area contributed by atoms with Crippen molar-refractivity contribution in [2.75, 3.05) is 0 Å². The average Bonchev–Trinajstić information content (AvgIpc) is 2.77. The van der Waals surface area contributed by atoms with Crippen LogP contribution < -0.4 is 0 Å². The molecule has 3 nitrogen and oxygen atoms in total. The summed E-state index contributed by atoms with van der Waals surface area (Å²) in [7, 11) is 0. The highest BCUT2D eigenvalue weighted by Gasteiger charge is 2.30. The number of halogens is 1. The third-order valence-corrected chi connectivity index (χ3v) is 3.11. The van der Waals surface area contributed by atoms with E-state index < -0.39 is 5.97 Å². The van der Waals surface area contributed by atoms with Crippen molar-refractivity contribution >= 4 is 17.6 Å². The van der Waals surface area contributed by atoms with Gasteiger partial charge in [0.15, 0.2) is 11.5 Å². The SMILES string of the molecule is O=C1O/C(=C/c2ccc(F)cc2)C(O)=C1c1ccccc1. The van der Waals surface area contributed by atoms with Crippen LogP contribution in [0.3, 0.4) is 0 Å². The Balaban J connectivity index is 2.01. The van der Waals surface area contributed by atoms with E-state index in [1.807, 2.05) is 6.07 Å². The van der Waals surface area contributed by atoms with Crippen LogP contribution in [0.5, 0.6) is 0 Å². The molecule has 1 aliphatic rings. The quantitative estimate of drug-likeness (QED) is 0.854. The summed E-state index contributed by atoms with van der Waals surface area (Å²) in [5, 5.41) is 10.2. The Labute approximate surface area is 120 Å². The van der Waals surface area contributed by atoms with Gasteiger partial charge in [-0.05, 0) is 29.3 Å². The standard InChI is InChI=1S/C17H11FO3/c18-13-8-6-11(7-9-13)10-14-16(19)15(17(20)21-14)12-4-2-1-3-5-12/h1-10,19H/b14-10+. The molecule has 0 radical (unpaired) electrons. The second kappa shape index (κ2) is 5.25. The second-order valence-electron chi connectivity index (χ2n) is 4.54. The van der Waals surface area contributed by atoms with Gasteiger partial charge in [0.2, 0.25) is 0 Å². The number of carbonyl (C=O) groups is 1. The van der Waals surface area contributed by atoms with E-state index in [9.17, 15) is 14.3 Å². The number of cyclic esters (lactones) is 1. The highest BCUT2D eigenvalue weighted by Crippen LogP contribution is 2.32. The van der Waals surface area contributed by atoms with Gasteiger partial charge in [-0.3, -0.25) is 0 Å². The lowest BCUT2D eigenvalue weighted by Crippen LogP contribution is -1.98. The molecule has 0 aromatic heterocycles. The fraction of sp³-hybridized carbons (Fsp3) is 0. The molecule has 104 valence electrons. The number of esters is 1. The molecular formula is C17H11FO3. The van der Waals surface area contributed by atoms with Crippen molar-refractivity contribution in [1.82, 2.24) is 0 Å². The molecule has 0 unspecified atom stereocenters. The maximum atomic E-state index is 12.9. The van der Waals surface area contributed by atoms with E-state index in [-0.39, 0.29) is 22.9 Å². The summed E-state index contributed by atoms with van der Waals surface area (Å²) in [6, 6.07) is 14.4. The van der Waals surface area contributed by atoms with Crippen LogP contribution in [0, 0.1) is 5.82 Å². The van der Waals surface area contributed by atoms with E-state index in [1.165, 1.54) is 30.3 Å². The predicted octanol–water partition coefficient (Wildman–Crippen LogP) is 3.69. The van der Waals surface area contributed by atoms with Crippen LogP contribution in [-0.2, 0) is 9.53 Å². The lowest BCUT2D eigenvalue weighted by Gasteiger charge is -1.98. The minimum Gasteiger partial charge on any atom is -0.504 e. The van der Waals surface area contributed by atoms with Crippen LogP contribution in [-0.4, -0.2) is 11.1 Å². The van der Waals surface area contributed by atoms with E-state index in [2.05, 4.69) is 0 Å². The summed E-state index contributed by atoms with van der Waals surface area (Å²) >= 11 is 0. The molecule has 3 rings (SSSR count). The van der Waals surface area contributed by atoms with Gasteiger partial charge < -0.3 is 9.84 Å². The normalized spacial score (nSPS) is 16.4. The Morgan fingerprint density at radius 2 is 1.67 bits per heavy atom. The van der Waals surface area contributed by atoms with Gasteiger partial charge in [-0.15, -0.1) is 0 Å². The zero-order chi connectivity index (χ0) is 14.8. The van der Waals surface area contributed by atoms with Crippen molar-refractivity contribution in [2.24, 2.45) is 0 Å². The van der Waals surface area contributed by atoms with Crippen LogP contribution in [0.4, 0.5) is 4.39 Å². The first-order valence-corrected chi connectivity index (χ1v) is 6.33. The summed E-state index contributed by atoms with van der Waals surface area (Å²) in [4.78, 5) is 11.9. The van der Waals surface area contributed by atoms with E-state index >= 15 is 0 Å². The Morgan fingerprint density at radius 3 is 2.33 bits per heavy atom. The first-order chi connectivity index (χ1) is 10.1. The maximum Gasteiger partial charge on any atom is 0.348 e. The minimum absolute atomic E-state index is 0.0606. The third kappa shape index (κ3) is 2.56. The van der Waals surface area contributed by atoms with Crippen LogP contribution in [0.15, 0.2) is 66.1 Å². The van der Waals surface area contributed by atoms with Crippen LogP contribution in [0.25, 0.3) is 11.6 Å². The van der Waals surface area contributed by atoms with E-state index in [0.29, 0.717) is 11.1 Å². The van der Waals surface area contributed by atoms with E-state index in [4.69, 9.17) is 4.74 Å². The van der Waals surface area contributed by atoms with Crippen molar-refractivity contribution in [2.45, 2.75) is 0 Å². The average molecular weight is 282 g/mol.